The van der Waals surface area contributed by atoms with Crippen molar-refractivity contribution in [3.63, 3.8) is 0 Å². The Kier molecular flexibility index (Phi) is 3.25. The van der Waals surface area contributed by atoms with Crippen LogP contribution in [0.25, 0.3) is 11.0 Å². The number of aromatic amines is 1. The van der Waals surface area contributed by atoms with Crippen molar-refractivity contribution in [2.24, 2.45) is 4.99 Å². The first-order valence-electron chi connectivity index (χ1n) is 6.19. The third-order valence-corrected chi connectivity index (χ3v) is 3.90. The first-order valence-corrected chi connectivity index (χ1v) is 7.17. The minimum Gasteiger partial charge on any atom is -0.340 e. The summed E-state index contributed by atoms with van der Waals surface area (Å²) in [6, 6.07) is 7.85. The number of imidazole rings is 1. The van der Waals surface area contributed by atoms with Crippen LogP contribution in [0.1, 0.15) is 12.7 Å². The fourth-order valence-electron chi connectivity index (χ4n) is 2.04. The van der Waals surface area contributed by atoms with E-state index in [0.717, 1.165) is 22.0 Å². The van der Waals surface area contributed by atoms with E-state index in [4.69, 9.17) is 0 Å². The second-order valence-corrected chi connectivity index (χ2v) is 5.17. The van der Waals surface area contributed by atoms with E-state index >= 15 is 0 Å². The highest BCUT2D eigenvalue weighted by Gasteiger charge is 2.28. The number of amidine groups is 1. The van der Waals surface area contributed by atoms with Crippen molar-refractivity contribution in [1.82, 2.24) is 14.9 Å². The Morgan fingerprint density at radius 1 is 1.47 bits per heavy atom. The van der Waals surface area contributed by atoms with Gasteiger partial charge in [0.25, 0.3) is 0 Å². The quantitative estimate of drug-likeness (QED) is 0.931. The van der Waals surface area contributed by atoms with Crippen molar-refractivity contribution in [3.05, 3.63) is 30.1 Å². The van der Waals surface area contributed by atoms with Gasteiger partial charge in [0.1, 0.15) is 5.82 Å². The molecule has 1 aromatic heterocycles. The zero-order valence-electron chi connectivity index (χ0n) is 10.6. The van der Waals surface area contributed by atoms with E-state index in [1.54, 1.807) is 4.90 Å². The lowest BCUT2D eigenvalue weighted by Crippen LogP contribution is -2.29. The fraction of sp³-hybridized carbons (Fsp3) is 0.308. The molecule has 1 fully saturated rings. The van der Waals surface area contributed by atoms with Crippen LogP contribution in [0.15, 0.2) is 29.3 Å². The van der Waals surface area contributed by atoms with E-state index in [1.165, 1.54) is 11.8 Å². The van der Waals surface area contributed by atoms with Crippen molar-refractivity contribution in [1.29, 1.82) is 0 Å². The van der Waals surface area contributed by atoms with Gasteiger partial charge in [0.2, 0.25) is 5.91 Å². The van der Waals surface area contributed by atoms with Crippen LogP contribution in [-0.4, -0.2) is 38.2 Å². The highest BCUT2D eigenvalue weighted by atomic mass is 32.2. The maximum absolute atomic E-state index is 11.9. The molecule has 6 heteroatoms. The highest BCUT2D eigenvalue weighted by Crippen LogP contribution is 2.22. The Labute approximate surface area is 115 Å². The van der Waals surface area contributed by atoms with Gasteiger partial charge in [0.15, 0.2) is 5.17 Å². The van der Waals surface area contributed by atoms with E-state index < -0.39 is 0 Å². The van der Waals surface area contributed by atoms with E-state index in [-0.39, 0.29) is 5.91 Å². The van der Waals surface area contributed by atoms with Gasteiger partial charge in [-0.3, -0.25) is 14.7 Å². The first-order chi connectivity index (χ1) is 9.28. The summed E-state index contributed by atoms with van der Waals surface area (Å²) < 4.78 is 0. The van der Waals surface area contributed by atoms with Gasteiger partial charge in [-0.1, -0.05) is 23.9 Å². The molecule has 98 valence electrons. The van der Waals surface area contributed by atoms with Gasteiger partial charge in [0.05, 0.1) is 23.3 Å². The average molecular weight is 274 g/mol. The zero-order valence-corrected chi connectivity index (χ0v) is 11.4. The van der Waals surface area contributed by atoms with Crippen LogP contribution in [0.2, 0.25) is 0 Å². The number of nitrogens with zero attached hydrogens (tertiary/aromatic N) is 3. The number of amides is 1. The Bertz CT molecular complexity index is 616. The number of carbonyl (C=O) groups is 1. The highest BCUT2D eigenvalue weighted by molar-refractivity contribution is 8.15. The predicted molar refractivity (Wildman–Crippen MR) is 77.1 cm³/mol. The molecule has 1 N–H and O–H groups in total. The van der Waals surface area contributed by atoms with Crippen LogP contribution in [0, 0.1) is 0 Å². The van der Waals surface area contributed by atoms with Gasteiger partial charge in [-0.25, -0.2) is 4.98 Å². The molecule has 0 atom stereocenters. The number of thioether (sulfide) groups is 1. The molecule has 1 aliphatic rings. The minimum atomic E-state index is 0.0951. The number of para-hydroxylation sites is 2. The summed E-state index contributed by atoms with van der Waals surface area (Å²) in [5, 5.41) is 0.799. The molecule has 0 spiro atoms. The third kappa shape index (κ3) is 2.35. The molecule has 0 bridgehead atoms. The Hall–Kier alpha value is -1.82. The predicted octanol–water partition coefficient (Wildman–Crippen LogP) is 2.01. The van der Waals surface area contributed by atoms with E-state index in [2.05, 4.69) is 15.0 Å². The number of benzene rings is 1. The maximum atomic E-state index is 11.9. The summed E-state index contributed by atoms with van der Waals surface area (Å²) in [6.07, 6.45) is 0. The number of carbonyl (C=O) groups excluding carboxylic acids is 1. The summed E-state index contributed by atoms with van der Waals surface area (Å²) in [5.74, 6) is 1.36. The van der Waals surface area contributed by atoms with E-state index in [9.17, 15) is 4.79 Å². The summed E-state index contributed by atoms with van der Waals surface area (Å²) in [5.41, 5.74) is 1.91. The zero-order chi connectivity index (χ0) is 13.2. The number of fused-ring (bicyclic) bond motifs is 1. The number of rotatable bonds is 3. The smallest absolute Gasteiger partial charge is 0.239 e. The molecule has 1 saturated heterocycles. The SMILES string of the molecule is CCN=C1SCC(=O)N1Cc1nc2ccccc2[nH]1. The lowest BCUT2D eigenvalue weighted by molar-refractivity contribution is -0.124. The second-order valence-electron chi connectivity index (χ2n) is 4.23. The van der Waals surface area contributed by atoms with Crippen LogP contribution < -0.4 is 0 Å². The molecule has 2 heterocycles. The third-order valence-electron chi connectivity index (χ3n) is 2.90. The largest absolute Gasteiger partial charge is 0.340 e. The van der Waals surface area contributed by atoms with Crippen molar-refractivity contribution < 1.29 is 4.79 Å². The number of aliphatic imine (C=N–C) groups is 1. The molecule has 1 amide bonds. The van der Waals surface area contributed by atoms with Crippen molar-refractivity contribution in [2.75, 3.05) is 12.3 Å². The average Bonchev–Trinajstić information content (AvgIpc) is 2.96. The molecule has 3 rings (SSSR count). The molecular formula is C13H14N4OS. The number of nitrogens with one attached hydrogen (secondary N) is 1. The molecule has 0 radical (unpaired) electrons. The topological polar surface area (TPSA) is 61.4 Å². The standard InChI is InChI=1S/C13H14N4OS/c1-2-14-13-17(12(18)8-19-13)7-11-15-9-5-3-4-6-10(9)16-11/h3-6H,2,7-8H2,1H3,(H,15,16). The van der Waals surface area contributed by atoms with E-state index in [1.807, 2.05) is 31.2 Å². The fourth-order valence-corrected chi connectivity index (χ4v) is 2.99. The van der Waals surface area contributed by atoms with Gasteiger partial charge in [-0.05, 0) is 19.1 Å². The maximum Gasteiger partial charge on any atom is 0.239 e. The number of hydrogen-bond acceptors (Lipinski definition) is 4. The summed E-state index contributed by atoms with van der Waals surface area (Å²) in [6.45, 7) is 3.11. The Balaban J connectivity index is 1.87. The van der Waals surface area contributed by atoms with E-state index in [0.29, 0.717) is 18.8 Å². The minimum absolute atomic E-state index is 0.0951. The molecular weight excluding hydrogens is 260 g/mol. The van der Waals surface area contributed by atoms with Crippen LogP contribution in [0.4, 0.5) is 0 Å². The van der Waals surface area contributed by atoms with Gasteiger partial charge in [-0.2, -0.15) is 0 Å². The monoisotopic (exact) mass is 274 g/mol. The number of aromatic nitrogens is 2. The molecule has 0 unspecified atom stereocenters. The van der Waals surface area contributed by atoms with Crippen molar-refractivity contribution >= 4 is 33.9 Å². The lowest BCUT2D eigenvalue weighted by Gasteiger charge is -2.13. The number of hydrogen-bond donors (Lipinski definition) is 1. The van der Waals surface area contributed by atoms with Crippen LogP contribution in [0.3, 0.4) is 0 Å². The van der Waals surface area contributed by atoms with Crippen molar-refractivity contribution in [2.45, 2.75) is 13.5 Å². The van der Waals surface area contributed by atoms with Crippen molar-refractivity contribution in [3.8, 4) is 0 Å². The molecule has 0 aliphatic carbocycles. The first kappa shape index (κ1) is 12.2. The molecule has 1 aromatic carbocycles. The van der Waals surface area contributed by atoms with Gasteiger partial charge < -0.3 is 4.98 Å². The molecule has 5 nitrogen and oxygen atoms in total. The Morgan fingerprint density at radius 2 is 2.32 bits per heavy atom. The van der Waals surface area contributed by atoms with Gasteiger partial charge >= 0.3 is 0 Å². The lowest BCUT2D eigenvalue weighted by atomic mass is 10.3. The van der Waals surface area contributed by atoms with Crippen LogP contribution >= 0.6 is 11.8 Å². The van der Waals surface area contributed by atoms with Gasteiger partial charge in [0, 0.05) is 6.54 Å². The summed E-state index contributed by atoms with van der Waals surface area (Å²) in [4.78, 5) is 25.6. The molecule has 19 heavy (non-hydrogen) atoms. The summed E-state index contributed by atoms with van der Waals surface area (Å²) >= 11 is 1.49. The van der Waals surface area contributed by atoms with Crippen LogP contribution in [0.5, 0.6) is 0 Å². The molecule has 1 aliphatic heterocycles. The Morgan fingerprint density at radius 3 is 3.11 bits per heavy atom. The normalized spacial score (nSPS) is 17.8. The molecule has 0 saturated carbocycles. The number of H-pyrrole nitrogens is 1. The molecule has 2 aromatic rings. The second kappa shape index (κ2) is 5.05. The van der Waals surface area contributed by atoms with Gasteiger partial charge in [-0.15, -0.1) is 0 Å². The van der Waals surface area contributed by atoms with Crippen LogP contribution in [-0.2, 0) is 11.3 Å². The summed E-state index contributed by atoms with van der Waals surface area (Å²) in [7, 11) is 0.